The van der Waals surface area contributed by atoms with Crippen LogP contribution in [0.3, 0.4) is 0 Å². The second-order valence-electron chi connectivity index (χ2n) is 21.4. The SMILES string of the molecule is CCC1/C=C(\C)CC(C)CC(OC)C2OC(O)(C(=O)C(=O)N3CCCCC3C(=O)OC(C(C)=CC3CCC(O[Si](C(C)C)(C(C)C)C(C)C)C(OC)C3)C(C)CCC1=O)C(C)CC2OC. The first-order valence-corrected chi connectivity index (χ1v) is 27.3. The molecule has 4 aliphatic rings. The Balaban J connectivity index is 1.71. The molecule has 13 atom stereocenters. The minimum Gasteiger partial charge on any atom is -0.456 e. The average Bonchev–Trinajstić information content (AvgIpc) is 3.26. The third kappa shape index (κ3) is 12.9. The number of hydrogen-bond acceptors (Lipinski definition) is 11. The Kier molecular flexibility index (Phi) is 20.7. The Morgan fingerprint density at radius 1 is 0.862 bits per heavy atom. The molecular formula is C52H89NO11Si. The molecule has 1 aliphatic carbocycles. The molecule has 0 aromatic heterocycles. The molecule has 13 unspecified atom stereocenters. The molecule has 0 radical (unpaired) electrons. The number of carbonyl (C=O) groups is 4. The molecule has 3 heterocycles. The molecule has 12 nitrogen and oxygen atoms in total. The number of piperidine rings is 1. The number of esters is 1. The fourth-order valence-corrected chi connectivity index (χ4v) is 17.8. The number of amides is 1. The van der Waals surface area contributed by atoms with Crippen molar-refractivity contribution in [1.82, 2.24) is 4.90 Å². The highest BCUT2D eigenvalue weighted by molar-refractivity contribution is 6.77. The summed E-state index contributed by atoms with van der Waals surface area (Å²) in [6.45, 7) is 25.9. The van der Waals surface area contributed by atoms with Gasteiger partial charge in [-0.15, -0.1) is 0 Å². The van der Waals surface area contributed by atoms with E-state index in [1.165, 1.54) is 4.90 Å². The number of rotatable bonds is 11. The Hall–Kier alpha value is -2.26. The van der Waals surface area contributed by atoms with Gasteiger partial charge in [-0.1, -0.05) is 87.0 Å². The number of ketones is 2. The lowest BCUT2D eigenvalue weighted by Crippen LogP contribution is -2.64. The van der Waals surface area contributed by atoms with Gasteiger partial charge in [-0.3, -0.25) is 14.4 Å². The molecule has 0 aromatic carbocycles. The smallest absolute Gasteiger partial charge is 0.329 e. The van der Waals surface area contributed by atoms with E-state index in [4.69, 9.17) is 28.1 Å². The molecule has 1 saturated carbocycles. The maximum absolute atomic E-state index is 14.6. The topological polar surface area (TPSA) is 147 Å². The summed E-state index contributed by atoms with van der Waals surface area (Å²) in [7, 11) is 2.75. The lowest BCUT2D eigenvalue weighted by molar-refractivity contribution is -0.302. The van der Waals surface area contributed by atoms with E-state index >= 15 is 0 Å². The maximum Gasteiger partial charge on any atom is 0.329 e. The number of fused-ring (bicyclic) bond motifs is 3. The van der Waals surface area contributed by atoms with E-state index in [1.54, 1.807) is 28.3 Å². The highest BCUT2D eigenvalue weighted by Gasteiger charge is 2.57. The summed E-state index contributed by atoms with van der Waals surface area (Å²) in [6, 6.07) is -1.04. The predicted octanol–water partition coefficient (Wildman–Crippen LogP) is 9.70. The Bertz CT molecular complexity index is 1640. The van der Waals surface area contributed by atoms with Gasteiger partial charge in [-0.25, -0.2) is 4.79 Å². The van der Waals surface area contributed by atoms with Crippen LogP contribution in [0.5, 0.6) is 0 Å². The summed E-state index contributed by atoms with van der Waals surface area (Å²) in [5.74, 6) is -6.02. The summed E-state index contributed by atoms with van der Waals surface area (Å²) in [6.07, 6.45) is 8.64. The van der Waals surface area contributed by atoms with Gasteiger partial charge in [-0.05, 0) is 124 Å². The summed E-state index contributed by atoms with van der Waals surface area (Å²) >= 11 is 0. The summed E-state index contributed by atoms with van der Waals surface area (Å²) in [4.78, 5) is 58.6. The largest absolute Gasteiger partial charge is 0.456 e. The molecular weight excluding hydrogens is 843 g/mol. The van der Waals surface area contributed by atoms with E-state index < -0.39 is 68.1 Å². The number of methoxy groups -OCH3 is 3. The number of aliphatic hydroxyl groups is 1. The van der Waals surface area contributed by atoms with Crippen molar-refractivity contribution in [1.29, 1.82) is 0 Å². The third-order valence-corrected chi connectivity index (χ3v) is 21.9. The zero-order valence-electron chi connectivity index (χ0n) is 43.0. The van der Waals surface area contributed by atoms with E-state index in [0.29, 0.717) is 68.0 Å². The molecule has 2 bridgehead atoms. The molecule has 3 aliphatic heterocycles. The molecule has 0 spiro atoms. The van der Waals surface area contributed by atoms with Gasteiger partial charge >= 0.3 is 5.97 Å². The molecule has 1 N–H and O–H groups in total. The van der Waals surface area contributed by atoms with Crippen LogP contribution in [0.1, 0.15) is 160 Å². The van der Waals surface area contributed by atoms with Gasteiger partial charge < -0.3 is 38.1 Å². The highest BCUT2D eigenvalue weighted by Crippen LogP contribution is 2.46. The highest BCUT2D eigenvalue weighted by atomic mass is 28.4. The Morgan fingerprint density at radius 3 is 2.06 bits per heavy atom. The first-order valence-electron chi connectivity index (χ1n) is 25.2. The van der Waals surface area contributed by atoms with Gasteiger partial charge in [0.05, 0.1) is 24.4 Å². The van der Waals surface area contributed by atoms with Crippen LogP contribution in [-0.4, -0.2) is 118 Å². The molecule has 1 amide bonds. The van der Waals surface area contributed by atoms with Crippen LogP contribution in [-0.2, 0) is 47.3 Å². The van der Waals surface area contributed by atoms with Crippen molar-refractivity contribution in [3.63, 3.8) is 0 Å². The van der Waals surface area contributed by atoms with Crippen LogP contribution >= 0.6 is 0 Å². The van der Waals surface area contributed by atoms with Gasteiger partial charge in [0.1, 0.15) is 24.0 Å². The minimum absolute atomic E-state index is 0.000492. The van der Waals surface area contributed by atoms with Crippen molar-refractivity contribution >= 4 is 31.8 Å². The monoisotopic (exact) mass is 932 g/mol. The first kappa shape index (κ1) is 55.3. The fourth-order valence-electron chi connectivity index (χ4n) is 12.2. The van der Waals surface area contributed by atoms with Crippen LogP contribution in [0.2, 0.25) is 16.6 Å². The summed E-state index contributed by atoms with van der Waals surface area (Å²) in [5, 5.41) is 12.1. The molecule has 2 saturated heterocycles. The van der Waals surface area contributed by atoms with E-state index in [-0.39, 0.29) is 54.6 Å². The second kappa shape index (κ2) is 24.3. The van der Waals surface area contributed by atoms with Crippen molar-refractivity contribution in [3.05, 3.63) is 23.3 Å². The molecule has 13 heteroatoms. The van der Waals surface area contributed by atoms with E-state index in [0.717, 1.165) is 30.4 Å². The van der Waals surface area contributed by atoms with Crippen molar-refractivity contribution in [2.75, 3.05) is 27.9 Å². The lowest BCUT2D eigenvalue weighted by Gasteiger charge is -2.47. The number of hydrogen-bond donors (Lipinski definition) is 1. The quantitative estimate of drug-likeness (QED) is 0.0915. The number of carbonyl (C=O) groups excluding carboxylic acids is 4. The average molecular weight is 932 g/mol. The lowest BCUT2D eigenvalue weighted by atomic mass is 9.82. The van der Waals surface area contributed by atoms with E-state index in [9.17, 15) is 24.3 Å². The summed E-state index contributed by atoms with van der Waals surface area (Å²) < 4.78 is 38.1. The van der Waals surface area contributed by atoms with Gasteiger partial charge in [0.2, 0.25) is 14.1 Å². The summed E-state index contributed by atoms with van der Waals surface area (Å²) in [5.41, 5.74) is 3.35. The minimum atomic E-state index is -2.46. The van der Waals surface area contributed by atoms with Crippen LogP contribution in [0.15, 0.2) is 23.3 Å². The zero-order chi connectivity index (χ0) is 48.6. The molecule has 372 valence electrons. The Labute approximate surface area is 393 Å². The van der Waals surface area contributed by atoms with Crippen LogP contribution in [0.4, 0.5) is 0 Å². The predicted molar refractivity (Wildman–Crippen MR) is 257 cm³/mol. The van der Waals surface area contributed by atoms with Crippen molar-refractivity contribution in [2.45, 2.75) is 225 Å². The normalized spacial score (nSPS) is 36.9. The van der Waals surface area contributed by atoms with E-state index in [2.05, 4.69) is 67.5 Å². The fraction of sp³-hybridized carbons (Fsp3) is 0.846. The maximum atomic E-state index is 14.6. The number of cyclic esters (lactones) is 1. The first-order chi connectivity index (χ1) is 30.6. The van der Waals surface area contributed by atoms with Crippen molar-refractivity contribution < 1.29 is 52.4 Å². The van der Waals surface area contributed by atoms with Gasteiger partial charge in [0.25, 0.3) is 11.7 Å². The van der Waals surface area contributed by atoms with Crippen LogP contribution < -0.4 is 0 Å². The second-order valence-corrected chi connectivity index (χ2v) is 26.9. The number of nitrogens with zero attached hydrogens (tertiary/aromatic N) is 1. The van der Waals surface area contributed by atoms with E-state index in [1.807, 2.05) is 20.8 Å². The van der Waals surface area contributed by atoms with Crippen LogP contribution in [0, 0.1) is 29.6 Å². The van der Waals surface area contributed by atoms with Gasteiger partial charge in [0, 0.05) is 46.1 Å². The standard InChI is InChI=1S/C52H89NO11Si/c1-16-40-26-34(8)25-35(9)27-45(60-14)48-46(61-15)29-38(12)52(58,63-48)49(55)50(56)53-24-18-17-19-41(53)51(57)62-47(36(10)20-22-42(40)54)37(11)28-39-21-23-43(44(30-39)59-13)64-65(31(2)3,32(4)5)33(6)7/h26,28,31-33,35-36,38-41,43-48,58H,16-25,27,29-30H2,1-15H3/b34-26+,37-28?. The molecule has 4 rings (SSSR count). The van der Waals surface area contributed by atoms with Crippen LogP contribution in [0.25, 0.3) is 0 Å². The van der Waals surface area contributed by atoms with Crippen molar-refractivity contribution in [3.8, 4) is 0 Å². The number of ether oxygens (including phenoxy) is 5. The number of allylic oxidation sites excluding steroid dienone is 3. The Morgan fingerprint density at radius 2 is 1.48 bits per heavy atom. The molecule has 0 aromatic rings. The number of Topliss-reactive ketones (excluding diaryl/α,β-unsaturated/α-hetero) is 2. The van der Waals surface area contributed by atoms with Gasteiger partial charge in [0.15, 0.2) is 0 Å². The van der Waals surface area contributed by atoms with Gasteiger partial charge in [-0.2, -0.15) is 0 Å². The molecule has 65 heavy (non-hydrogen) atoms. The van der Waals surface area contributed by atoms with Crippen molar-refractivity contribution in [2.24, 2.45) is 29.6 Å². The third-order valence-electron chi connectivity index (χ3n) is 15.8. The zero-order valence-corrected chi connectivity index (χ0v) is 44.0. The molecule has 3 fully saturated rings.